The van der Waals surface area contributed by atoms with E-state index in [1.807, 2.05) is 18.2 Å². The van der Waals surface area contributed by atoms with E-state index in [9.17, 15) is 0 Å². The predicted octanol–water partition coefficient (Wildman–Crippen LogP) is 1.54. The van der Waals surface area contributed by atoms with E-state index in [-0.39, 0.29) is 6.04 Å². The number of nitrogen functional groups attached to an aromatic ring is 1. The number of morpholine rings is 1. The van der Waals surface area contributed by atoms with E-state index < -0.39 is 0 Å². The van der Waals surface area contributed by atoms with Crippen molar-refractivity contribution in [2.24, 2.45) is 0 Å². The van der Waals surface area contributed by atoms with E-state index in [1.54, 1.807) is 0 Å². The van der Waals surface area contributed by atoms with Crippen LogP contribution >= 0.6 is 0 Å². The van der Waals surface area contributed by atoms with Crippen LogP contribution in [0.1, 0.15) is 6.92 Å². The molecule has 1 aliphatic rings. The summed E-state index contributed by atoms with van der Waals surface area (Å²) >= 11 is 0. The largest absolute Gasteiger partial charge is 0.424 e. The zero-order valence-corrected chi connectivity index (χ0v) is 11.6. The van der Waals surface area contributed by atoms with Gasteiger partial charge in [0.25, 0.3) is 6.01 Å². The second kappa shape index (κ2) is 5.68. The van der Waals surface area contributed by atoms with Gasteiger partial charge in [-0.1, -0.05) is 0 Å². The summed E-state index contributed by atoms with van der Waals surface area (Å²) in [7, 11) is 0. The van der Waals surface area contributed by atoms with Gasteiger partial charge in [-0.05, 0) is 25.1 Å². The van der Waals surface area contributed by atoms with Crippen LogP contribution in [0.25, 0.3) is 11.1 Å². The monoisotopic (exact) mass is 276 g/mol. The number of benzene rings is 1. The molecule has 20 heavy (non-hydrogen) atoms. The summed E-state index contributed by atoms with van der Waals surface area (Å²) in [5.41, 5.74) is 7.96. The maximum Gasteiger partial charge on any atom is 0.295 e. The molecule has 0 radical (unpaired) electrons. The summed E-state index contributed by atoms with van der Waals surface area (Å²) in [5.74, 6) is 0. The highest BCUT2D eigenvalue weighted by Crippen LogP contribution is 2.21. The number of rotatable bonds is 4. The van der Waals surface area contributed by atoms with Gasteiger partial charge in [-0.2, -0.15) is 4.98 Å². The number of oxazole rings is 1. The van der Waals surface area contributed by atoms with Crippen LogP contribution in [0, 0.1) is 0 Å². The minimum atomic E-state index is 0.263. The van der Waals surface area contributed by atoms with Crippen LogP contribution < -0.4 is 11.1 Å². The fourth-order valence-electron chi connectivity index (χ4n) is 2.43. The second-order valence-electron chi connectivity index (χ2n) is 5.20. The molecule has 0 amide bonds. The standard InChI is InChI=1S/C14H20N4O2/c1-10(9-18-4-6-19-7-5-18)16-14-17-12-8-11(15)2-3-13(12)20-14/h2-3,8,10H,4-7,9,15H2,1H3,(H,16,17). The minimum Gasteiger partial charge on any atom is -0.424 e. The van der Waals surface area contributed by atoms with Crippen LogP contribution in [0.4, 0.5) is 11.7 Å². The molecule has 0 bridgehead atoms. The molecule has 1 aromatic carbocycles. The Labute approximate surface area is 117 Å². The van der Waals surface area contributed by atoms with E-state index in [2.05, 4.69) is 22.1 Å². The van der Waals surface area contributed by atoms with Gasteiger partial charge in [0.1, 0.15) is 5.52 Å². The van der Waals surface area contributed by atoms with Crippen LogP contribution in [-0.2, 0) is 4.74 Å². The summed E-state index contributed by atoms with van der Waals surface area (Å²) in [5, 5.41) is 3.30. The number of nitrogens with one attached hydrogen (secondary N) is 1. The summed E-state index contributed by atoms with van der Waals surface area (Å²) in [6, 6.07) is 6.28. The third kappa shape index (κ3) is 3.02. The molecule has 0 saturated carbocycles. The van der Waals surface area contributed by atoms with Crippen LogP contribution in [0.15, 0.2) is 22.6 Å². The lowest BCUT2D eigenvalue weighted by molar-refractivity contribution is 0.0367. The van der Waals surface area contributed by atoms with Gasteiger partial charge in [0, 0.05) is 31.4 Å². The molecule has 1 aromatic heterocycles. The van der Waals surface area contributed by atoms with Crippen LogP contribution in [0.3, 0.4) is 0 Å². The van der Waals surface area contributed by atoms with Gasteiger partial charge in [-0.3, -0.25) is 4.90 Å². The fourth-order valence-corrected chi connectivity index (χ4v) is 2.43. The summed E-state index contributed by atoms with van der Waals surface area (Å²) in [6.45, 7) is 6.67. The van der Waals surface area contributed by atoms with Crippen LogP contribution in [-0.4, -0.2) is 48.8 Å². The van der Waals surface area contributed by atoms with Crippen molar-refractivity contribution in [2.45, 2.75) is 13.0 Å². The lowest BCUT2D eigenvalue weighted by Crippen LogP contribution is -2.42. The highest BCUT2D eigenvalue weighted by atomic mass is 16.5. The topological polar surface area (TPSA) is 76.5 Å². The summed E-state index contributed by atoms with van der Waals surface area (Å²) in [6.07, 6.45) is 0. The number of hydrogen-bond donors (Lipinski definition) is 2. The Balaban J connectivity index is 1.63. The molecule has 6 nitrogen and oxygen atoms in total. The lowest BCUT2D eigenvalue weighted by Gasteiger charge is -2.29. The smallest absolute Gasteiger partial charge is 0.295 e. The van der Waals surface area contributed by atoms with Crippen molar-refractivity contribution < 1.29 is 9.15 Å². The Morgan fingerprint density at radius 3 is 3.00 bits per heavy atom. The number of hydrogen-bond acceptors (Lipinski definition) is 6. The molecule has 1 unspecified atom stereocenters. The quantitative estimate of drug-likeness (QED) is 0.825. The molecule has 3 N–H and O–H groups in total. The van der Waals surface area contributed by atoms with Crippen molar-refractivity contribution in [3.63, 3.8) is 0 Å². The van der Waals surface area contributed by atoms with E-state index in [4.69, 9.17) is 14.9 Å². The molecule has 2 aromatic rings. The van der Waals surface area contributed by atoms with Crippen molar-refractivity contribution in [1.82, 2.24) is 9.88 Å². The van der Waals surface area contributed by atoms with Gasteiger partial charge in [0.05, 0.1) is 13.2 Å². The zero-order chi connectivity index (χ0) is 13.9. The molecule has 3 rings (SSSR count). The maximum atomic E-state index is 5.74. The first-order chi connectivity index (χ1) is 9.70. The molecular formula is C14H20N4O2. The Kier molecular flexibility index (Phi) is 3.75. The van der Waals surface area contributed by atoms with Gasteiger partial charge in [-0.25, -0.2) is 0 Å². The molecule has 0 aliphatic carbocycles. The molecule has 108 valence electrons. The Morgan fingerprint density at radius 1 is 1.40 bits per heavy atom. The summed E-state index contributed by atoms with van der Waals surface area (Å²) < 4.78 is 11.0. The van der Waals surface area contributed by atoms with Crippen molar-refractivity contribution in [1.29, 1.82) is 0 Å². The number of fused-ring (bicyclic) bond motifs is 1. The highest BCUT2D eigenvalue weighted by molar-refractivity contribution is 5.78. The predicted molar refractivity (Wildman–Crippen MR) is 78.8 cm³/mol. The first-order valence-electron chi connectivity index (χ1n) is 6.93. The minimum absolute atomic E-state index is 0.263. The number of nitrogens with zero attached hydrogens (tertiary/aromatic N) is 2. The molecule has 1 aliphatic heterocycles. The Bertz CT molecular complexity index is 578. The normalized spacial score (nSPS) is 18.2. The van der Waals surface area contributed by atoms with E-state index in [0.717, 1.165) is 43.9 Å². The molecular weight excluding hydrogens is 256 g/mol. The molecule has 0 spiro atoms. The SMILES string of the molecule is CC(CN1CCOCC1)Nc1nc2cc(N)ccc2o1. The van der Waals surface area contributed by atoms with Crippen molar-refractivity contribution >= 4 is 22.8 Å². The van der Waals surface area contributed by atoms with Gasteiger partial charge in [-0.15, -0.1) is 0 Å². The first-order valence-corrected chi connectivity index (χ1v) is 6.93. The molecule has 1 saturated heterocycles. The zero-order valence-electron chi connectivity index (χ0n) is 11.6. The molecule has 2 heterocycles. The third-order valence-electron chi connectivity index (χ3n) is 3.42. The van der Waals surface area contributed by atoms with Gasteiger partial charge >= 0.3 is 0 Å². The number of ether oxygens (including phenoxy) is 1. The van der Waals surface area contributed by atoms with Crippen molar-refractivity contribution in [3.8, 4) is 0 Å². The van der Waals surface area contributed by atoms with Crippen LogP contribution in [0.2, 0.25) is 0 Å². The fraction of sp³-hybridized carbons (Fsp3) is 0.500. The van der Waals surface area contributed by atoms with Gasteiger partial charge in [0.2, 0.25) is 0 Å². The lowest BCUT2D eigenvalue weighted by atomic mass is 10.3. The Hall–Kier alpha value is -1.79. The molecule has 1 atom stereocenters. The van der Waals surface area contributed by atoms with E-state index in [1.165, 1.54) is 0 Å². The third-order valence-corrected chi connectivity index (χ3v) is 3.42. The first kappa shape index (κ1) is 13.2. The average Bonchev–Trinajstić information content (AvgIpc) is 2.80. The van der Waals surface area contributed by atoms with Gasteiger partial charge < -0.3 is 20.2 Å². The van der Waals surface area contributed by atoms with E-state index in [0.29, 0.717) is 11.7 Å². The number of nitrogens with two attached hydrogens (primary N) is 1. The van der Waals surface area contributed by atoms with E-state index >= 15 is 0 Å². The molecule has 1 fully saturated rings. The average molecular weight is 276 g/mol. The van der Waals surface area contributed by atoms with Crippen molar-refractivity contribution in [2.75, 3.05) is 43.9 Å². The summed E-state index contributed by atoms with van der Waals surface area (Å²) in [4.78, 5) is 6.78. The molecule has 6 heteroatoms. The van der Waals surface area contributed by atoms with Crippen molar-refractivity contribution in [3.05, 3.63) is 18.2 Å². The second-order valence-corrected chi connectivity index (χ2v) is 5.20. The van der Waals surface area contributed by atoms with Crippen LogP contribution in [0.5, 0.6) is 0 Å². The highest BCUT2D eigenvalue weighted by Gasteiger charge is 2.15. The number of aromatic nitrogens is 1. The number of anilines is 2. The van der Waals surface area contributed by atoms with Gasteiger partial charge in [0.15, 0.2) is 5.58 Å². The maximum absolute atomic E-state index is 5.74. The Morgan fingerprint density at radius 2 is 2.20 bits per heavy atom.